The van der Waals surface area contributed by atoms with Crippen molar-refractivity contribution in [2.45, 2.75) is 6.54 Å². The van der Waals surface area contributed by atoms with Gasteiger partial charge in [-0.25, -0.2) is 4.90 Å². The predicted molar refractivity (Wildman–Crippen MR) is 131 cm³/mol. The van der Waals surface area contributed by atoms with Gasteiger partial charge in [-0.3, -0.25) is 14.5 Å². The van der Waals surface area contributed by atoms with Crippen molar-refractivity contribution in [2.24, 2.45) is 0 Å². The molecule has 0 atom stereocenters. The summed E-state index contributed by atoms with van der Waals surface area (Å²) in [5.74, 6) is -0.567. The van der Waals surface area contributed by atoms with Crippen molar-refractivity contribution in [3.8, 4) is 0 Å². The van der Waals surface area contributed by atoms with Gasteiger partial charge in [-0.1, -0.05) is 72.3 Å². The van der Waals surface area contributed by atoms with Crippen LogP contribution in [0.1, 0.15) is 11.1 Å². The Morgan fingerprint density at radius 3 is 1.94 bits per heavy atom. The van der Waals surface area contributed by atoms with Gasteiger partial charge in [0.25, 0.3) is 11.8 Å². The van der Waals surface area contributed by atoms with E-state index in [0.29, 0.717) is 40.6 Å². The number of hydrogen-bond acceptors (Lipinski definition) is 4. The Morgan fingerprint density at radius 1 is 0.697 bits per heavy atom. The van der Waals surface area contributed by atoms with Crippen LogP contribution in [0.15, 0.2) is 90.6 Å². The fraction of sp³-hybridized carbons (Fsp3) is 0.185. The van der Waals surface area contributed by atoms with Crippen LogP contribution in [-0.4, -0.2) is 47.8 Å². The summed E-state index contributed by atoms with van der Waals surface area (Å²) in [6.45, 7) is 3.88. The smallest absolute Gasteiger partial charge is 0.282 e. The molecule has 0 unspecified atom stereocenters. The minimum Gasteiger partial charge on any atom is -0.364 e. The van der Waals surface area contributed by atoms with Gasteiger partial charge in [0.15, 0.2) is 0 Å². The average Bonchev–Trinajstić information content (AvgIpc) is 3.11. The Balaban J connectivity index is 1.44. The van der Waals surface area contributed by atoms with Crippen LogP contribution in [0.3, 0.4) is 0 Å². The maximum Gasteiger partial charge on any atom is 0.282 e. The Kier molecular flexibility index (Phi) is 5.99. The zero-order valence-corrected chi connectivity index (χ0v) is 18.9. The second-order valence-electron chi connectivity index (χ2n) is 8.26. The van der Waals surface area contributed by atoms with Crippen molar-refractivity contribution < 1.29 is 9.59 Å². The third-order valence-corrected chi connectivity index (χ3v) is 6.40. The highest BCUT2D eigenvalue weighted by Gasteiger charge is 2.42. The summed E-state index contributed by atoms with van der Waals surface area (Å²) in [5, 5.41) is 0.590. The fourth-order valence-electron chi connectivity index (χ4n) is 4.47. The highest BCUT2D eigenvalue weighted by atomic mass is 35.5. The van der Waals surface area contributed by atoms with E-state index in [4.69, 9.17) is 11.6 Å². The number of para-hydroxylation sites is 1. The topological polar surface area (TPSA) is 43.9 Å². The Morgan fingerprint density at radius 2 is 1.30 bits per heavy atom. The van der Waals surface area contributed by atoms with Crippen LogP contribution in [-0.2, 0) is 16.1 Å². The molecule has 0 saturated carbocycles. The second-order valence-corrected chi connectivity index (χ2v) is 8.70. The molecular weight excluding hydrogens is 434 g/mol. The molecule has 0 bridgehead atoms. The second kappa shape index (κ2) is 9.22. The molecule has 2 aliphatic heterocycles. The molecule has 0 radical (unpaired) electrons. The molecule has 6 heteroatoms. The lowest BCUT2D eigenvalue weighted by molar-refractivity contribution is -0.120. The molecule has 3 aromatic rings. The Bertz CT molecular complexity index is 1190. The van der Waals surface area contributed by atoms with Crippen LogP contribution >= 0.6 is 11.6 Å². The monoisotopic (exact) mass is 457 g/mol. The van der Waals surface area contributed by atoms with Crippen LogP contribution < -0.4 is 4.90 Å². The van der Waals surface area contributed by atoms with Crippen LogP contribution in [0.2, 0.25) is 5.02 Å². The Hall–Kier alpha value is -3.41. The van der Waals surface area contributed by atoms with E-state index in [1.807, 2.05) is 36.4 Å². The number of piperazine rings is 1. The molecule has 3 aromatic carbocycles. The number of anilines is 1. The number of rotatable bonds is 5. The molecule has 5 nitrogen and oxygen atoms in total. The maximum absolute atomic E-state index is 13.6. The summed E-state index contributed by atoms with van der Waals surface area (Å²) in [6, 6.07) is 26.6. The van der Waals surface area contributed by atoms with E-state index in [1.165, 1.54) is 10.5 Å². The van der Waals surface area contributed by atoms with Crippen molar-refractivity contribution in [1.29, 1.82) is 0 Å². The predicted octanol–water partition coefficient (Wildman–Crippen LogP) is 4.44. The number of carbonyl (C=O) groups excluding carboxylic acids is 2. The standard InChI is InChI=1S/C27H24ClN3O2/c28-22-13-11-21(12-14-22)24-25(27(33)31(26(24)32)23-9-5-2-6-10-23)30-17-15-29(16-18-30)19-20-7-3-1-4-8-20/h1-14H,15-19H2. The molecule has 0 aliphatic carbocycles. The summed E-state index contributed by atoms with van der Waals surface area (Å²) in [6.07, 6.45) is 0. The summed E-state index contributed by atoms with van der Waals surface area (Å²) < 4.78 is 0. The maximum atomic E-state index is 13.6. The quantitative estimate of drug-likeness (QED) is 0.531. The van der Waals surface area contributed by atoms with Crippen molar-refractivity contribution in [1.82, 2.24) is 9.80 Å². The number of nitrogens with zero attached hydrogens (tertiary/aromatic N) is 3. The number of hydrogen-bond donors (Lipinski definition) is 0. The third kappa shape index (κ3) is 4.30. The van der Waals surface area contributed by atoms with Gasteiger partial charge in [-0.15, -0.1) is 0 Å². The van der Waals surface area contributed by atoms with E-state index in [2.05, 4.69) is 34.1 Å². The first-order valence-electron chi connectivity index (χ1n) is 11.1. The van der Waals surface area contributed by atoms with Gasteiger partial charge in [0, 0.05) is 37.7 Å². The SMILES string of the molecule is O=C1C(c2ccc(Cl)cc2)=C(N2CCN(Cc3ccccc3)CC2)C(=O)N1c1ccccc1. The highest BCUT2D eigenvalue weighted by Crippen LogP contribution is 2.35. The van der Waals surface area contributed by atoms with E-state index in [1.54, 1.807) is 24.3 Å². The zero-order chi connectivity index (χ0) is 22.8. The lowest BCUT2D eigenvalue weighted by Crippen LogP contribution is -2.47. The normalized spacial score (nSPS) is 17.2. The van der Waals surface area contributed by atoms with E-state index in [0.717, 1.165) is 19.6 Å². The van der Waals surface area contributed by atoms with Gasteiger partial charge >= 0.3 is 0 Å². The van der Waals surface area contributed by atoms with Gasteiger partial charge in [-0.05, 0) is 35.4 Å². The summed E-state index contributed by atoms with van der Waals surface area (Å²) >= 11 is 6.08. The number of imide groups is 1. The van der Waals surface area contributed by atoms with Gasteiger partial charge in [0.05, 0.1) is 11.3 Å². The van der Waals surface area contributed by atoms with Gasteiger partial charge in [-0.2, -0.15) is 0 Å². The van der Waals surface area contributed by atoms with E-state index >= 15 is 0 Å². The number of carbonyl (C=O) groups is 2. The van der Waals surface area contributed by atoms with Crippen LogP contribution in [0.4, 0.5) is 5.69 Å². The average molecular weight is 458 g/mol. The molecule has 2 heterocycles. The molecule has 0 aromatic heterocycles. The number of halogens is 1. The van der Waals surface area contributed by atoms with E-state index in [-0.39, 0.29) is 11.8 Å². The minimum absolute atomic E-state index is 0.271. The van der Waals surface area contributed by atoms with Crippen molar-refractivity contribution in [2.75, 3.05) is 31.1 Å². The molecule has 166 valence electrons. The largest absolute Gasteiger partial charge is 0.364 e. The van der Waals surface area contributed by atoms with Crippen molar-refractivity contribution in [3.63, 3.8) is 0 Å². The molecule has 1 saturated heterocycles. The van der Waals surface area contributed by atoms with E-state index in [9.17, 15) is 9.59 Å². The fourth-order valence-corrected chi connectivity index (χ4v) is 4.60. The minimum atomic E-state index is -0.296. The lowest BCUT2D eigenvalue weighted by atomic mass is 10.0. The van der Waals surface area contributed by atoms with Crippen molar-refractivity contribution in [3.05, 3.63) is 107 Å². The molecule has 0 N–H and O–H groups in total. The molecule has 5 rings (SSSR count). The number of benzene rings is 3. The van der Waals surface area contributed by atoms with Crippen LogP contribution in [0.5, 0.6) is 0 Å². The van der Waals surface area contributed by atoms with Crippen LogP contribution in [0.25, 0.3) is 5.57 Å². The summed E-state index contributed by atoms with van der Waals surface area (Å²) in [7, 11) is 0. The highest BCUT2D eigenvalue weighted by molar-refractivity contribution is 6.45. The van der Waals surface area contributed by atoms with Gasteiger partial charge in [0.1, 0.15) is 5.70 Å². The first kappa shape index (κ1) is 21.4. The van der Waals surface area contributed by atoms with E-state index < -0.39 is 0 Å². The zero-order valence-electron chi connectivity index (χ0n) is 18.2. The first-order chi connectivity index (χ1) is 16.1. The van der Waals surface area contributed by atoms with Crippen LogP contribution in [0, 0.1) is 0 Å². The van der Waals surface area contributed by atoms with Gasteiger partial charge < -0.3 is 4.90 Å². The van der Waals surface area contributed by atoms with Crippen molar-refractivity contribution >= 4 is 34.7 Å². The molecular formula is C27H24ClN3O2. The molecule has 0 spiro atoms. The summed E-state index contributed by atoms with van der Waals surface area (Å²) in [5.41, 5.74) is 3.48. The summed E-state index contributed by atoms with van der Waals surface area (Å²) in [4.78, 5) is 32.9. The molecule has 2 amide bonds. The molecule has 1 fully saturated rings. The molecule has 33 heavy (non-hydrogen) atoms. The number of amides is 2. The third-order valence-electron chi connectivity index (χ3n) is 6.14. The van der Waals surface area contributed by atoms with Gasteiger partial charge in [0.2, 0.25) is 0 Å². The lowest BCUT2D eigenvalue weighted by Gasteiger charge is -2.36. The molecule has 2 aliphatic rings. The first-order valence-corrected chi connectivity index (χ1v) is 11.4. The Labute approximate surface area is 198 Å².